The third-order valence-electron chi connectivity index (χ3n) is 1.12. The summed E-state index contributed by atoms with van der Waals surface area (Å²) in [5, 5.41) is 16.2. The predicted molar refractivity (Wildman–Crippen MR) is 46.7 cm³/mol. The van der Waals surface area contributed by atoms with E-state index in [0.717, 1.165) is 12.1 Å². The summed E-state index contributed by atoms with van der Waals surface area (Å²) in [7, 11) is 1.02. The Morgan fingerprint density at radius 3 is 2.43 bits per heavy atom. The molecule has 0 bridgehead atoms. The summed E-state index contributed by atoms with van der Waals surface area (Å²) in [5.41, 5.74) is 0. The van der Waals surface area contributed by atoms with Crippen molar-refractivity contribution in [2.75, 3.05) is 5.32 Å². The lowest BCUT2D eigenvalue weighted by molar-refractivity contribution is 0.209. The van der Waals surface area contributed by atoms with Gasteiger partial charge < -0.3 is 5.11 Å². The fourth-order valence-electron chi connectivity index (χ4n) is 0.626. The van der Waals surface area contributed by atoms with Crippen LogP contribution in [0.5, 0.6) is 0 Å². The Hall–Kier alpha value is -1.41. The van der Waals surface area contributed by atoms with Gasteiger partial charge in [-0.25, -0.2) is 13.2 Å². The number of aromatic nitrogens is 2. The van der Waals surface area contributed by atoms with E-state index in [1.165, 1.54) is 0 Å². The van der Waals surface area contributed by atoms with Crippen molar-refractivity contribution >= 4 is 31.6 Å². The van der Waals surface area contributed by atoms with E-state index in [-0.39, 0.29) is 5.82 Å². The molecular formula is C5H4ClN3O4S. The smallest absolute Gasteiger partial charge is 0.410 e. The summed E-state index contributed by atoms with van der Waals surface area (Å²) < 4.78 is 21.4. The maximum atomic E-state index is 10.7. The number of nitrogens with zero attached hydrogens (tertiary/aromatic N) is 2. The molecule has 9 heteroatoms. The number of amides is 1. The van der Waals surface area contributed by atoms with E-state index >= 15 is 0 Å². The number of rotatable bonds is 2. The van der Waals surface area contributed by atoms with Crippen LogP contribution >= 0.6 is 10.7 Å². The second kappa shape index (κ2) is 3.76. The Labute approximate surface area is 83.1 Å². The van der Waals surface area contributed by atoms with Gasteiger partial charge in [0.2, 0.25) is 0 Å². The molecular weight excluding hydrogens is 234 g/mol. The molecule has 0 atom stereocenters. The molecule has 14 heavy (non-hydrogen) atoms. The number of hydrogen-bond donors (Lipinski definition) is 2. The first-order valence-corrected chi connectivity index (χ1v) is 5.49. The van der Waals surface area contributed by atoms with Crippen molar-refractivity contribution in [3.05, 3.63) is 12.1 Å². The van der Waals surface area contributed by atoms with Gasteiger partial charge in [0.1, 0.15) is 0 Å². The summed E-state index contributed by atoms with van der Waals surface area (Å²) in [6, 6.07) is 2.18. The summed E-state index contributed by atoms with van der Waals surface area (Å²) in [6.45, 7) is 0. The van der Waals surface area contributed by atoms with Crippen LogP contribution in [0, 0.1) is 0 Å². The monoisotopic (exact) mass is 237 g/mol. The molecule has 0 saturated heterocycles. The first-order valence-electron chi connectivity index (χ1n) is 3.18. The average molecular weight is 238 g/mol. The SMILES string of the molecule is O=C(O)Nc1ccc(S(=O)(=O)Cl)nn1. The Balaban J connectivity index is 2.95. The van der Waals surface area contributed by atoms with Gasteiger partial charge in [-0.1, -0.05) is 0 Å². The summed E-state index contributed by atoms with van der Waals surface area (Å²) >= 11 is 0. The van der Waals surface area contributed by atoms with Crippen LogP contribution in [0.4, 0.5) is 10.6 Å². The van der Waals surface area contributed by atoms with Crippen molar-refractivity contribution in [1.82, 2.24) is 10.2 Å². The summed E-state index contributed by atoms with van der Waals surface area (Å²) in [5.74, 6) is -0.0819. The second-order valence-corrected chi connectivity index (χ2v) is 4.64. The Morgan fingerprint density at radius 1 is 1.43 bits per heavy atom. The van der Waals surface area contributed by atoms with Gasteiger partial charge in [0.25, 0.3) is 9.05 Å². The van der Waals surface area contributed by atoms with Crippen LogP contribution in [0.3, 0.4) is 0 Å². The normalized spacial score (nSPS) is 10.9. The lowest BCUT2D eigenvalue weighted by atomic mass is 10.5. The Bertz CT molecular complexity index is 443. The number of nitrogens with one attached hydrogen (secondary N) is 1. The van der Waals surface area contributed by atoms with E-state index in [1.807, 2.05) is 5.32 Å². The fraction of sp³-hybridized carbons (Fsp3) is 0. The molecule has 0 aromatic carbocycles. The van der Waals surface area contributed by atoms with Crippen molar-refractivity contribution in [3.63, 3.8) is 0 Å². The first-order chi connectivity index (χ1) is 6.39. The molecule has 0 aliphatic heterocycles. The molecule has 1 rings (SSSR count). The average Bonchev–Trinajstić information content (AvgIpc) is 2.02. The third kappa shape index (κ3) is 2.82. The molecule has 0 spiro atoms. The molecule has 0 fully saturated rings. The lowest BCUT2D eigenvalue weighted by Crippen LogP contribution is -2.10. The molecule has 1 aromatic rings. The van der Waals surface area contributed by atoms with Crippen LogP contribution in [0.2, 0.25) is 0 Å². The highest BCUT2D eigenvalue weighted by molar-refractivity contribution is 8.13. The minimum Gasteiger partial charge on any atom is -0.465 e. The predicted octanol–water partition coefficient (Wildman–Crippen LogP) is 0.494. The third-order valence-corrected chi connectivity index (χ3v) is 2.32. The summed E-state index contributed by atoms with van der Waals surface area (Å²) in [4.78, 5) is 10.1. The lowest BCUT2D eigenvalue weighted by Gasteiger charge is -1.98. The van der Waals surface area contributed by atoms with Gasteiger partial charge >= 0.3 is 6.09 Å². The van der Waals surface area contributed by atoms with Gasteiger partial charge in [-0.15, -0.1) is 10.2 Å². The molecule has 0 radical (unpaired) electrons. The summed E-state index contributed by atoms with van der Waals surface area (Å²) in [6.07, 6.45) is -1.32. The Kier molecular flexibility index (Phi) is 2.87. The van der Waals surface area contributed by atoms with Gasteiger partial charge in [-0.3, -0.25) is 5.32 Å². The second-order valence-electron chi connectivity index (χ2n) is 2.12. The van der Waals surface area contributed by atoms with Crippen LogP contribution in [0.15, 0.2) is 17.2 Å². The van der Waals surface area contributed by atoms with E-state index in [2.05, 4.69) is 10.2 Å². The maximum Gasteiger partial charge on any atom is 0.410 e. The van der Waals surface area contributed by atoms with Gasteiger partial charge in [0, 0.05) is 10.7 Å². The number of anilines is 1. The zero-order chi connectivity index (χ0) is 10.8. The van der Waals surface area contributed by atoms with Gasteiger partial charge in [-0.05, 0) is 12.1 Å². The molecule has 2 N–H and O–H groups in total. The number of halogens is 1. The largest absolute Gasteiger partial charge is 0.465 e. The van der Waals surface area contributed by atoms with Crippen LogP contribution in [0.25, 0.3) is 0 Å². The minimum atomic E-state index is -3.92. The zero-order valence-corrected chi connectivity index (χ0v) is 8.08. The van der Waals surface area contributed by atoms with E-state index in [1.54, 1.807) is 0 Å². The van der Waals surface area contributed by atoms with Crippen LogP contribution < -0.4 is 5.32 Å². The van der Waals surface area contributed by atoms with Crippen molar-refractivity contribution in [3.8, 4) is 0 Å². The van der Waals surface area contributed by atoms with E-state index in [0.29, 0.717) is 0 Å². The van der Waals surface area contributed by atoms with Crippen molar-refractivity contribution in [2.24, 2.45) is 0 Å². The van der Waals surface area contributed by atoms with E-state index < -0.39 is 20.2 Å². The first kappa shape index (κ1) is 10.7. The number of carbonyl (C=O) groups is 1. The molecule has 1 aromatic heterocycles. The number of hydrogen-bond acceptors (Lipinski definition) is 5. The zero-order valence-electron chi connectivity index (χ0n) is 6.51. The van der Waals surface area contributed by atoms with Crippen LogP contribution in [0.1, 0.15) is 0 Å². The molecule has 7 nitrogen and oxygen atoms in total. The number of carboxylic acid groups (broad SMARTS) is 1. The topological polar surface area (TPSA) is 109 Å². The molecule has 1 heterocycles. The van der Waals surface area contributed by atoms with Crippen molar-refractivity contribution < 1.29 is 18.3 Å². The highest BCUT2D eigenvalue weighted by Gasteiger charge is 2.12. The quantitative estimate of drug-likeness (QED) is 0.725. The molecule has 0 unspecified atom stereocenters. The van der Waals surface area contributed by atoms with Crippen molar-refractivity contribution in [2.45, 2.75) is 5.03 Å². The van der Waals surface area contributed by atoms with E-state index in [4.69, 9.17) is 15.8 Å². The molecule has 76 valence electrons. The van der Waals surface area contributed by atoms with Gasteiger partial charge in [0.05, 0.1) is 0 Å². The Morgan fingerprint density at radius 2 is 2.07 bits per heavy atom. The highest BCUT2D eigenvalue weighted by Crippen LogP contribution is 2.11. The highest BCUT2D eigenvalue weighted by atomic mass is 35.7. The minimum absolute atomic E-state index is 0.0819. The van der Waals surface area contributed by atoms with E-state index in [9.17, 15) is 13.2 Å². The van der Waals surface area contributed by atoms with Gasteiger partial charge in [-0.2, -0.15) is 0 Å². The molecule has 0 aliphatic carbocycles. The standard InChI is InChI=1S/C5H4ClN3O4S/c6-14(12,13)4-2-1-3(8-9-4)7-5(10)11/h1-2H,(H,7,8)(H,10,11). The maximum absolute atomic E-state index is 10.7. The molecule has 1 amide bonds. The fourth-order valence-corrected chi connectivity index (χ4v) is 1.24. The molecule has 0 saturated carbocycles. The van der Waals surface area contributed by atoms with Crippen LogP contribution in [-0.2, 0) is 9.05 Å². The van der Waals surface area contributed by atoms with Crippen LogP contribution in [-0.4, -0.2) is 29.8 Å². The van der Waals surface area contributed by atoms with Gasteiger partial charge in [0.15, 0.2) is 10.8 Å². The van der Waals surface area contributed by atoms with Crippen molar-refractivity contribution in [1.29, 1.82) is 0 Å². The molecule has 0 aliphatic rings.